The molecule has 0 aromatic heterocycles. The fourth-order valence-corrected chi connectivity index (χ4v) is 2.65. The van der Waals surface area contributed by atoms with E-state index in [0.29, 0.717) is 11.6 Å². The van der Waals surface area contributed by atoms with Crippen LogP contribution in [0.1, 0.15) is 25.3 Å². The van der Waals surface area contributed by atoms with Gasteiger partial charge < -0.3 is 5.32 Å². The van der Waals surface area contributed by atoms with Crippen LogP contribution in [0.4, 0.5) is 4.39 Å². The summed E-state index contributed by atoms with van der Waals surface area (Å²) in [5.74, 6) is -0.379. The number of hydrogen-bond donors (Lipinski definition) is 1. The molecule has 1 aliphatic heterocycles. The second-order valence-electron chi connectivity index (χ2n) is 5.22. The zero-order chi connectivity index (χ0) is 14.0. The van der Waals surface area contributed by atoms with Gasteiger partial charge in [-0.2, -0.15) is 0 Å². The van der Waals surface area contributed by atoms with Gasteiger partial charge in [0.15, 0.2) is 0 Å². The fraction of sp³-hybridized carbons (Fsp3) is 0.500. The average Bonchev–Trinajstić information content (AvgIpc) is 2.69. The summed E-state index contributed by atoms with van der Waals surface area (Å²) >= 11 is 5.93. The molecule has 0 radical (unpaired) electrons. The number of carbonyl (C=O) groups is 1. The summed E-state index contributed by atoms with van der Waals surface area (Å²) < 4.78 is 12.9. The smallest absolute Gasteiger partial charge is 0.240 e. The Balaban J connectivity index is 2.00. The Labute approximate surface area is 117 Å². The Hall–Kier alpha value is -1.13. The molecule has 1 saturated heterocycles. The van der Waals surface area contributed by atoms with Crippen LogP contribution in [0.5, 0.6) is 0 Å². The Kier molecular flexibility index (Phi) is 4.11. The predicted molar refractivity (Wildman–Crippen MR) is 73.5 cm³/mol. The van der Waals surface area contributed by atoms with E-state index in [1.807, 2.05) is 14.0 Å². The van der Waals surface area contributed by atoms with E-state index in [0.717, 1.165) is 24.9 Å². The van der Waals surface area contributed by atoms with Crippen LogP contribution in [-0.2, 0) is 11.3 Å². The summed E-state index contributed by atoms with van der Waals surface area (Å²) in [6.07, 6.45) is 1.88. The molecule has 1 aliphatic rings. The molecule has 0 saturated carbocycles. The molecule has 1 atom stereocenters. The lowest BCUT2D eigenvalue weighted by Crippen LogP contribution is -2.51. The molecule has 1 unspecified atom stereocenters. The van der Waals surface area contributed by atoms with Crippen molar-refractivity contribution in [2.24, 2.45) is 0 Å². The first-order valence-corrected chi connectivity index (χ1v) is 6.75. The van der Waals surface area contributed by atoms with E-state index in [2.05, 4.69) is 10.2 Å². The zero-order valence-corrected chi connectivity index (χ0v) is 11.9. The summed E-state index contributed by atoms with van der Waals surface area (Å²) in [6.45, 7) is 3.20. The third-order valence-corrected chi connectivity index (χ3v) is 4.30. The first kappa shape index (κ1) is 14.3. The number of likely N-dealkylation sites (tertiary alicyclic amines) is 1. The molecule has 1 aromatic carbocycles. The van der Waals surface area contributed by atoms with E-state index in [1.165, 1.54) is 12.1 Å². The van der Waals surface area contributed by atoms with Gasteiger partial charge in [-0.3, -0.25) is 9.69 Å². The Bertz CT molecular complexity index is 494. The fourth-order valence-electron chi connectivity index (χ4n) is 2.42. The summed E-state index contributed by atoms with van der Waals surface area (Å²) in [6, 6.07) is 4.20. The van der Waals surface area contributed by atoms with Crippen LogP contribution in [0, 0.1) is 5.82 Å². The quantitative estimate of drug-likeness (QED) is 0.925. The minimum Gasteiger partial charge on any atom is -0.350 e. The van der Waals surface area contributed by atoms with Gasteiger partial charge in [0.2, 0.25) is 5.91 Å². The minimum atomic E-state index is -0.452. The highest BCUT2D eigenvalue weighted by Crippen LogP contribution is 2.27. The lowest BCUT2D eigenvalue weighted by Gasteiger charge is -2.30. The van der Waals surface area contributed by atoms with Gasteiger partial charge in [-0.05, 0) is 51.1 Å². The number of carbonyl (C=O) groups excluding carboxylic acids is 1. The molecule has 1 fully saturated rings. The number of rotatable bonds is 3. The Morgan fingerprint density at radius 3 is 2.89 bits per heavy atom. The summed E-state index contributed by atoms with van der Waals surface area (Å²) in [7, 11) is 1.96. The molecule has 0 aliphatic carbocycles. The largest absolute Gasteiger partial charge is 0.350 e. The number of hydrogen-bond acceptors (Lipinski definition) is 2. The molecule has 1 N–H and O–H groups in total. The third kappa shape index (κ3) is 2.90. The monoisotopic (exact) mass is 284 g/mol. The zero-order valence-electron chi connectivity index (χ0n) is 11.2. The van der Waals surface area contributed by atoms with Crippen molar-refractivity contribution in [2.75, 3.05) is 13.6 Å². The van der Waals surface area contributed by atoms with E-state index in [1.54, 1.807) is 6.07 Å². The van der Waals surface area contributed by atoms with Crippen molar-refractivity contribution in [2.45, 2.75) is 31.8 Å². The third-order valence-electron chi connectivity index (χ3n) is 3.94. The van der Waals surface area contributed by atoms with Crippen molar-refractivity contribution >= 4 is 17.5 Å². The second-order valence-corrected chi connectivity index (χ2v) is 5.62. The molecule has 19 heavy (non-hydrogen) atoms. The second kappa shape index (κ2) is 5.47. The topological polar surface area (TPSA) is 32.3 Å². The summed E-state index contributed by atoms with van der Waals surface area (Å²) in [5, 5.41) is 3.22. The number of halogens is 2. The molecule has 2 rings (SSSR count). The number of likely N-dealkylation sites (N-methyl/N-ethyl adjacent to an activating group) is 1. The minimum absolute atomic E-state index is 0.00658. The highest BCUT2D eigenvalue weighted by atomic mass is 35.5. The lowest BCUT2D eigenvalue weighted by atomic mass is 9.98. The SMILES string of the molecule is CN1CCCC1(C)C(=O)NCc1ccc(F)cc1Cl. The molecular formula is C14H18ClFN2O. The van der Waals surface area contributed by atoms with Crippen LogP contribution >= 0.6 is 11.6 Å². The number of nitrogens with zero attached hydrogens (tertiary/aromatic N) is 1. The molecular weight excluding hydrogens is 267 g/mol. The maximum Gasteiger partial charge on any atom is 0.240 e. The Morgan fingerprint density at radius 2 is 2.32 bits per heavy atom. The lowest BCUT2D eigenvalue weighted by molar-refractivity contribution is -0.130. The van der Waals surface area contributed by atoms with Gasteiger partial charge in [0.25, 0.3) is 0 Å². The predicted octanol–water partition coefficient (Wildman–Crippen LogP) is 2.58. The van der Waals surface area contributed by atoms with Crippen LogP contribution in [0.2, 0.25) is 5.02 Å². The molecule has 5 heteroatoms. The van der Waals surface area contributed by atoms with Gasteiger partial charge in [-0.25, -0.2) is 4.39 Å². The van der Waals surface area contributed by atoms with Gasteiger partial charge in [-0.15, -0.1) is 0 Å². The molecule has 1 aromatic rings. The highest BCUT2D eigenvalue weighted by molar-refractivity contribution is 6.31. The molecule has 3 nitrogen and oxygen atoms in total. The van der Waals surface area contributed by atoms with Crippen LogP contribution < -0.4 is 5.32 Å². The van der Waals surface area contributed by atoms with Gasteiger partial charge in [0.1, 0.15) is 5.82 Å². The van der Waals surface area contributed by atoms with Gasteiger partial charge in [-0.1, -0.05) is 17.7 Å². The van der Waals surface area contributed by atoms with Crippen molar-refractivity contribution in [1.82, 2.24) is 10.2 Å². The molecule has 0 bridgehead atoms. The van der Waals surface area contributed by atoms with Gasteiger partial charge in [0, 0.05) is 11.6 Å². The first-order valence-electron chi connectivity index (χ1n) is 6.37. The average molecular weight is 285 g/mol. The highest BCUT2D eigenvalue weighted by Gasteiger charge is 2.40. The van der Waals surface area contributed by atoms with Crippen LogP contribution in [0.25, 0.3) is 0 Å². The first-order chi connectivity index (χ1) is 8.93. The molecule has 1 amide bonds. The Morgan fingerprint density at radius 1 is 1.58 bits per heavy atom. The van der Waals surface area contributed by atoms with E-state index in [4.69, 9.17) is 11.6 Å². The van der Waals surface area contributed by atoms with Crippen molar-refractivity contribution in [3.8, 4) is 0 Å². The number of amides is 1. The maximum absolute atomic E-state index is 12.9. The van der Waals surface area contributed by atoms with Gasteiger partial charge in [0.05, 0.1) is 5.54 Å². The standard InChI is InChI=1S/C14H18ClFN2O/c1-14(6-3-7-18(14)2)13(19)17-9-10-4-5-11(16)8-12(10)15/h4-5,8H,3,6-7,9H2,1-2H3,(H,17,19). The van der Waals surface area contributed by atoms with Crippen LogP contribution in [0.3, 0.4) is 0 Å². The van der Waals surface area contributed by atoms with E-state index >= 15 is 0 Å². The van der Waals surface area contributed by atoms with Crippen molar-refractivity contribution in [3.05, 3.63) is 34.6 Å². The van der Waals surface area contributed by atoms with E-state index in [9.17, 15) is 9.18 Å². The van der Waals surface area contributed by atoms with Crippen LogP contribution in [0.15, 0.2) is 18.2 Å². The van der Waals surface area contributed by atoms with E-state index < -0.39 is 5.54 Å². The van der Waals surface area contributed by atoms with Gasteiger partial charge >= 0.3 is 0 Å². The normalized spacial score (nSPS) is 23.6. The molecule has 0 spiro atoms. The number of nitrogens with one attached hydrogen (secondary N) is 1. The van der Waals surface area contributed by atoms with E-state index in [-0.39, 0.29) is 11.7 Å². The van der Waals surface area contributed by atoms with Crippen molar-refractivity contribution < 1.29 is 9.18 Å². The van der Waals surface area contributed by atoms with Crippen molar-refractivity contribution in [1.29, 1.82) is 0 Å². The summed E-state index contributed by atoms with van der Waals surface area (Å²) in [5.41, 5.74) is 0.271. The maximum atomic E-state index is 12.9. The molecule has 104 valence electrons. The summed E-state index contributed by atoms with van der Waals surface area (Å²) in [4.78, 5) is 14.3. The van der Waals surface area contributed by atoms with Crippen LogP contribution in [-0.4, -0.2) is 29.9 Å². The van der Waals surface area contributed by atoms with Crippen molar-refractivity contribution in [3.63, 3.8) is 0 Å². The number of benzene rings is 1. The molecule has 1 heterocycles.